The van der Waals surface area contributed by atoms with E-state index in [-0.39, 0.29) is 25.0 Å². The minimum atomic E-state index is -2.27. The molecule has 15 unspecified atom stereocenters. The third kappa shape index (κ3) is 13.8. The largest absolute Gasteiger partial charge is 0.394 e. The monoisotopic (exact) mass is 1420 g/mol. The molecule has 0 aromatic heterocycles. The van der Waals surface area contributed by atoms with E-state index in [9.17, 15) is 112 Å². The van der Waals surface area contributed by atoms with E-state index in [1.54, 1.807) is 20.8 Å². The average molecular weight is 1420 g/mol. The maximum atomic E-state index is 17.9. The highest BCUT2D eigenvalue weighted by atomic mass is 19.1. The summed E-state index contributed by atoms with van der Waals surface area (Å²) < 4.78 is 98.8. The molecule has 0 bridgehead atoms. The summed E-state index contributed by atoms with van der Waals surface area (Å²) in [6, 6.07) is 0. The van der Waals surface area contributed by atoms with E-state index in [2.05, 4.69) is 0 Å². The highest BCUT2D eigenvalue weighted by molar-refractivity contribution is 6.01. The van der Waals surface area contributed by atoms with E-state index in [4.69, 9.17) is 66.3 Å². The van der Waals surface area contributed by atoms with Gasteiger partial charge in [0.15, 0.2) is 61.3 Å². The van der Waals surface area contributed by atoms with Crippen LogP contribution in [0.15, 0.2) is 23.8 Å². The number of rotatable bonds is 20. The molecule has 4 aliphatic carbocycles. The zero-order valence-corrected chi connectivity index (χ0v) is 53.5. The van der Waals surface area contributed by atoms with Crippen LogP contribution in [0.3, 0.4) is 0 Å². The maximum Gasteiger partial charge on any atom is 0.190 e. The number of fused-ring (bicyclic) bond motifs is 5. The second-order valence-corrected chi connectivity index (χ2v) is 28.1. The lowest BCUT2D eigenvalue weighted by Crippen LogP contribution is -2.69. The first-order chi connectivity index (χ1) is 46.2. The van der Waals surface area contributed by atoms with Crippen LogP contribution in [-0.2, 0) is 75.9 Å². The predicted octanol–water partition coefficient (Wildman–Crippen LogP) is -10.4. The molecule has 560 valence electrons. The minimum absolute atomic E-state index is 0.164. The molecular formula is C61H93FO36. The van der Waals surface area contributed by atoms with Crippen molar-refractivity contribution < 1.29 is 182 Å². The second-order valence-electron chi connectivity index (χ2n) is 28.1. The molecule has 20 N–H and O–H groups in total. The topological polar surface area (TPSA) is 568 Å². The number of halogens is 1. The Labute approximate surface area is 558 Å². The number of carbonyl (C=O) groups excluding carboxylic acids is 2. The number of aliphatic hydroxyl groups is 20. The quantitative estimate of drug-likeness (QED) is 0.0538. The zero-order valence-electron chi connectivity index (χ0n) is 53.5. The van der Waals surface area contributed by atoms with Gasteiger partial charge in [0.25, 0.3) is 0 Å². The number of allylic oxidation sites excluding steroid dienone is 4. The van der Waals surface area contributed by atoms with Gasteiger partial charge in [0.05, 0.1) is 58.5 Å². The molecule has 37 heteroatoms. The number of ether oxygens (including phenoxy) is 14. The molecule has 0 amide bonds. The van der Waals surface area contributed by atoms with Crippen LogP contribution in [-0.4, -0.2) is 374 Å². The summed E-state index contributed by atoms with van der Waals surface area (Å²) in [5.41, 5.74) is -6.76. The van der Waals surface area contributed by atoms with Gasteiger partial charge in [0.1, 0.15) is 153 Å². The first kappa shape index (κ1) is 76.5. The van der Waals surface area contributed by atoms with Crippen molar-refractivity contribution in [1.29, 1.82) is 0 Å². The van der Waals surface area contributed by atoms with Gasteiger partial charge in [0.2, 0.25) is 0 Å². The van der Waals surface area contributed by atoms with Crippen molar-refractivity contribution in [2.24, 2.45) is 28.6 Å². The molecule has 11 aliphatic rings. The van der Waals surface area contributed by atoms with Crippen molar-refractivity contribution >= 4 is 11.6 Å². The summed E-state index contributed by atoms with van der Waals surface area (Å²) in [5.74, 6) is -3.55. The summed E-state index contributed by atoms with van der Waals surface area (Å²) in [4.78, 5) is 26.9. The third-order valence-electron chi connectivity index (χ3n) is 22.2. The Bertz CT molecular complexity index is 2800. The highest BCUT2D eigenvalue weighted by Crippen LogP contribution is 2.71. The smallest absolute Gasteiger partial charge is 0.190 e. The van der Waals surface area contributed by atoms with Crippen LogP contribution in [0.5, 0.6) is 0 Å². The fourth-order valence-corrected chi connectivity index (χ4v) is 16.3. The molecule has 0 aromatic rings. The lowest BCUT2D eigenvalue weighted by molar-refractivity contribution is -0.385. The molecule has 0 radical (unpaired) electrons. The molecule has 11 rings (SSSR count). The summed E-state index contributed by atoms with van der Waals surface area (Å²) >= 11 is 0. The fourth-order valence-electron chi connectivity index (χ4n) is 16.3. The van der Waals surface area contributed by atoms with Crippen LogP contribution in [0.2, 0.25) is 0 Å². The Morgan fingerprint density at radius 2 is 1.00 bits per heavy atom. The van der Waals surface area contributed by atoms with Crippen LogP contribution in [0.1, 0.15) is 52.9 Å². The van der Waals surface area contributed by atoms with Gasteiger partial charge in [-0.2, -0.15) is 0 Å². The first-order valence-electron chi connectivity index (χ1n) is 32.8. The number of hydrogen-bond donors (Lipinski definition) is 20. The second kappa shape index (κ2) is 30.1. The van der Waals surface area contributed by atoms with Crippen molar-refractivity contribution in [2.45, 2.75) is 261 Å². The Kier molecular flexibility index (Phi) is 23.5. The number of aliphatic hydroxyl groups excluding tert-OH is 19. The number of alkyl halides is 1. The van der Waals surface area contributed by atoms with E-state index in [0.29, 0.717) is 12.0 Å². The average Bonchev–Trinajstić information content (AvgIpc) is 1.55. The molecule has 3 saturated carbocycles. The number of ketones is 2. The molecular weight excluding hydrogens is 1330 g/mol. The summed E-state index contributed by atoms with van der Waals surface area (Å²) in [7, 11) is 0. The van der Waals surface area contributed by atoms with Crippen LogP contribution in [0, 0.1) is 28.6 Å². The lowest BCUT2D eigenvalue weighted by atomic mass is 9.44. The Morgan fingerprint density at radius 1 is 0.531 bits per heavy atom. The van der Waals surface area contributed by atoms with E-state index in [0.717, 1.165) is 0 Å². The highest BCUT2D eigenvalue weighted by Gasteiger charge is 2.76. The maximum absolute atomic E-state index is 17.9. The molecule has 36 nitrogen and oxygen atoms in total. The summed E-state index contributed by atoms with van der Waals surface area (Å²) in [6.45, 7) is -1.07. The van der Waals surface area contributed by atoms with E-state index < -0.39 is 302 Å². The molecule has 10 fully saturated rings. The van der Waals surface area contributed by atoms with Crippen molar-refractivity contribution in [3.8, 4) is 0 Å². The molecule has 7 saturated heterocycles. The molecule has 39 atom stereocenters. The molecule has 98 heavy (non-hydrogen) atoms. The predicted molar refractivity (Wildman–Crippen MR) is 309 cm³/mol. The van der Waals surface area contributed by atoms with E-state index in [1.807, 2.05) is 0 Å². The van der Waals surface area contributed by atoms with Crippen LogP contribution < -0.4 is 0 Å². The van der Waals surface area contributed by atoms with Crippen LogP contribution in [0.4, 0.5) is 4.39 Å². The van der Waals surface area contributed by atoms with Gasteiger partial charge in [-0.1, -0.05) is 25.5 Å². The van der Waals surface area contributed by atoms with Crippen LogP contribution in [0.25, 0.3) is 0 Å². The fraction of sp³-hybridized carbons (Fsp3) is 0.902. The SMILES string of the molecule is C[C@@H]1C[C@H]2[C@@H]3CCC4=CC(=O)C=C[C@]4(C)[C@@]3(F)[C@@H](O)C[C@]2(C)[C@@]1(O)C(=O)CO[C@@H]1OC(CO)[C@@H](O[C@@H]2OC(CO[C@H]3OC[C@@H](O)C(O)C3O)[C@@H](O[C@@H]3OC(CO[C@H]4OC[C@@H](O)C(O)C4O)[C@@H](O[C@@H]4O[C@H](CO[C@H]5OC[C@@H](O)C(O)C5O)[C@@H](O)C(O)C4O)C(O)C3O)C[C@@H]2O)C(O)C1O. The molecule has 7 heterocycles. The van der Waals surface area contributed by atoms with Gasteiger partial charge in [-0.25, -0.2) is 4.39 Å². The Morgan fingerprint density at radius 3 is 1.57 bits per heavy atom. The normalized spacial score (nSPS) is 53.7. The molecule has 7 aliphatic heterocycles. The minimum Gasteiger partial charge on any atom is -0.394 e. The number of carbonyl (C=O) groups is 2. The Balaban J connectivity index is 0.776. The van der Waals surface area contributed by atoms with Crippen molar-refractivity contribution in [1.82, 2.24) is 0 Å². The van der Waals surface area contributed by atoms with Crippen molar-refractivity contribution in [3.63, 3.8) is 0 Å². The van der Waals surface area contributed by atoms with Crippen molar-refractivity contribution in [2.75, 3.05) is 52.9 Å². The number of hydrogen-bond acceptors (Lipinski definition) is 36. The standard InChI is InChI=1S/C61H93FO36/c1-20-8-24-23-5-4-21-9-22(64)6-7-58(21,2)60(23,62)34(69)11-59(24,3)61(20,84)35(70)19-91-55-47(82)41(76)49(30(12-63)93-55)97-51-25(65)10-29(31(94-51)16-88-52-43(78)36(71)26(66)13-85-52)92-56-48(83)42(77)50(33(96-56)18-90-54-45(80)38(73)28(68)15-87-54)98-57-46(81)40(75)39(74)32(95-57)17-89-53-44(79)37(72)27(67)14-86-53/h6-7,9,20,23-34,36-57,63,65-69,71-84H,4-5,8,10-19H2,1-3H3/t20-,23+,24+,25+,26-,27-,28-,29+,30?,31?,32-,33?,34+,36?,37?,38?,39-,40?,41?,42?,43?,44?,45?,46?,47?,48?,49-,50-,51+,52-,53-,54-,55-,56-,57+,58+,59+,60+,61+/m1/s1. The molecule has 0 aromatic carbocycles. The first-order valence-corrected chi connectivity index (χ1v) is 32.8. The van der Waals surface area contributed by atoms with Crippen molar-refractivity contribution in [3.05, 3.63) is 23.8 Å². The summed E-state index contributed by atoms with van der Waals surface area (Å²) in [5, 5.41) is 220. The van der Waals surface area contributed by atoms with E-state index >= 15 is 4.39 Å². The van der Waals surface area contributed by atoms with Gasteiger partial charge in [-0.3, -0.25) is 9.59 Å². The van der Waals surface area contributed by atoms with Crippen LogP contribution >= 0.6 is 0 Å². The lowest BCUT2D eigenvalue weighted by Gasteiger charge is -2.62. The zero-order chi connectivity index (χ0) is 71.2. The van der Waals surface area contributed by atoms with Gasteiger partial charge in [-0.15, -0.1) is 0 Å². The Hall–Kier alpha value is -2.61. The molecule has 0 spiro atoms. The van der Waals surface area contributed by atoms with E-state index in [1.165, 1.54) is 18.2 Å². The third-order valence-corrected chi connectivity index (χ3v) is 22.2. The van der Waals surface area contributed by atoms with Gasteiger partial charge in [-0.05, 0) is 56.6 Å². The number of Topliss-reactive ketones (excluding diaryl/α,β-unsaturated/α-hetero) is 1. The van der Waals surface area contributed by atoms with Gasteiger partial charge >= 0.3 is 0 Å². The van der Waals surface area contributed by atoms with Gasteiger partial charge < -0.3 is 168 Å². The summed E-state index contributed by atoms with van der Waals surface area (Å²) in [6.07, 6.45) is -55.2. The van der Waals surface area contributed by atoms with Gasteiger partial charge in [0, 0.05) is 23.2 Å².